The Morgan fingerprint density at radius 2 is 1.44 bits per heavy atom. The smallest absolute Gasteiger partial charge is 0.335 e. The largest absolute Gasteiger partial charge is 0.478 e. The van der Waals surface area contributed by atoms with Crippen LogP contribution in [0.15, 0.2) is 138 Å². The second kappa shape index (κ2) is 15.8. The molecule has 8 nitrogen and oxygen atoms in total. The molecule has 4 N–H and O–H groups in total. The molecule has 3 amide bonds. The van der Waals surface area contributed by atoms with E-state index in [0.717, 1.165) is 16.0 Å². The molecule has 240 valence electrons. The van der Waals surface area contributed by atoms with Crippen molar-refractivity contribution in [1.29, 1.82) is 0 Å². The fraction of sp³-hybridized carbons (Fsp3) is 0.0526. The van der Waals surface area contributed by atoms with Gasteiger partial charge in [0.1, 0.15) is 10.9 Å². The normalized spacial score (nSPS) is 11.7. The van der Waals surface area contributed by atoms with Crippen molar-refractivity contribution in [2.75, 3.05) is 10.6 Å². The second-order valence-corrected chi connectivity index (χ2v) is 12.3. The van der Waals surface area contributed by atoms with Crippen molar-refractivity contribution in [1.82, 2.24) is 5.32 Å². The van der Waals surface area contributed by atoms with Crippen molar-refractivity contribution in [2.45, 2.75) is 17.1 Å². The van der Waals surface area contributed by atoms with E-state index in [9.17, 15) is 24.3 Å². The summed E-state index contributed by atoms with van der Waals surface area (Å²) in [6, 6.07) is 36.3. The van der Waals surface area contributed by atoms with Gasteiger partial charge in [-0.05, 0) is 90.4 Å². The molecule has 0 bridgehead atoms. The van der Waals surface area contributed by atoms with Crippen molar-refractivity contribution in [3.63, 3.8) is 0 Å². The van der Waals surface area contributed by atoms with Gasteiger partial charge in [-0.2, -0.15) is 0 Å². The van der Waals surface area contributed by atoms with E-state index in [2.05, 4.69) is 16.0 Å². The van der Waals surface area contributed by atoms with Crippen LogP contribution in [-0.2, 0) is 9.59 Å². The van der Waals surface area contributed by atoms with Crippen molar-refractivity contribution < 1.29 is 24.3 Å². The van der Waals surface area contributed by atoms with Gasteiger partial charge in [0.25, 0.3) is 11.8 Å². The molecule has 0 saturated heterocycles. The molecule has 48 heavy (non-hydrogen) atoms. The summed E-state index contributed by atoms with van der Waals surface area (Å²) in [7, 11) is 0. The first-order chi connectivity index (χ1) is 23.2. The Kier molecular flexibility index (Phi) is 11.1. The Balaban J connectivity index is 1.34. The third-order valence-electron chi connectivity index (χ3n) is 7.14. The number of carbonyl (C=O) groups is 4. The molecule has 0 fully saturated rings. The molecular formula is C38H30ClN3O5S. The predicted octanol–water partition coefficient (Wildman–Crippen LogP) is 8.23. The number of carboxylic acids is 1. The van der Waals surface area contributed by atoms with Crippen LogP contribution in [-0.4, -0.2) is 28.8 Å². The number of hydrogen-bond donors (Lipinski definition) is 4. The second-order valence-electron chi connectivity index (χ2n) is 10.6. The maximum absolute atomic E-state index is 13.6. The summed E-state index contributed by atoms with van der Waals surface area (Å²) in [5.74, 6) is -2.39. The molecule has 0 heterocycles. The maximum Gasteiger partial charge on any atom is 0.335 e. The van der Waals surface area contributed by atoms with Gasteiger partial charge >= 0.3 is 5.97 Å². The van der Waals surface area contributed by atoms with Crippen molar-refractivity contribution in [2.24, 2.45) is 0 Å². The van der Waals surface area contributed by atoms with Gasteiger partial charge in [0, 0.05) is 26.9 Å². The number of aromatic carboxylic acids is 1. The average Bonchev–Trinajstić information content (AvgIpc) is 3.09. The quantitative estimate of drug-likeness (QED) is 0.0826. The summed E-state index contributed by atoms with van der Waals surface area (Å²) in [5, 5.41) is 17.7. The monoisotopic (exact) mass is 675 g/mol. The molecule has 1 atom stereocenters. The van der Waals surface area contributed by atoms with E-state index in [-0.39, 0.29) is 17.2 Å². The van der Waals surface area contributed by atoms with E-state index in [1.165, 1.54) is 23.9 Å². The van der Waals surface area contributed by atoms with Crippen LogP contribution in [0.5, 0.6) is 0 Å². The van der Waals surface area contributed by atoms with Gasteiger partial charge in [0.2, 0.25) is 5.91 Å². The summed E-state index contributed by atoms with van der Waals surface area (Å²) >= 11 is 7.45. The van der Waals surface area contributed by atoms with Gasteiger partial charge in [0.15, 0.2) is 0 Å². The molecule has 5 aromatic rings. The minimum atomic E-state index is -1.09. The topological polar surface area (TPSA) is 125 Å². The van der Waals surface area contributed by atoms with Crippen molar-refractivity contribution in [3.8, 4) is 0 Å². The first-order valence-corrected chi connectivity index (χ1v) is 16.0. The number of nitrogens with one attached hydrogen (secondary N) is 3. The maximum atomic E-state index is 13.6. The van der Waals surface area contributed by atoms with E-state index >= 15 is 0 Å². The van der Waals surface area contributed by atoms with E-state index in [1.54, 1.807) is 97.9 Å². The zero-order chi connectivity index (χ0) is 34.0. The minimum Gasteiger partial charge on any atom is -0.478 e. The highest BCUT2D eigenvalue weighted by Gasteiger charge is 2.23. The van der Waals surface area contributed by atoms with Crippen molar-refractivity contribution >= 4 is 64.5 Å². The predicted molar refractivity (Wildman–Crippen MR) is 190 cm³/mol. The van der Waals surface area contributed by atoms with Crippen LogP contribution in [0.2, 0.25) is 5.02 Å². The molecule has 0 radical (unpaired) electrons. The molecule has 0 aromatic heterocycles. The van der Waals surface area contributed by atoms with Crippen LogP contribution in [0.3, 0.4) is 0 Å². The number of carbonyl (C=O) groups excluding carboxylic acids is 3. The first-order valence-electron chi connectivity index (χ1n) is 14.8. The lowest BCUT2D eigenvalue weighted by Crippen LogP contribution is -2.30. The summed E-state index contributed by atoms with van der Waals surface area (Å²) in [6.07, 6.45) is 1.54. The van der Waals surface area contributed by atoms with E-state index < -0.39 is 23.0 Å². The van der Waals surface area contributed by atoms with Crippen LogP contribution in [0.1, 0.15) is 42.7 Å². The highest BCUT2D eigenvalue weighted by atomic mass is 35.5. The molecular weight excluding hydrogens is 646 g/mol. The standard InChI is InChI=1S/C38H30ClN3O5S/c1-24-15-16-28(38(46)47)23-32(24)41-37(45)34(26-10-4-2-5-11-26)48-31-19-17-30(18-20-31)40-36(44)33(22-25-9-8-14-29(39)21-25)42-35(43)27-12-6-3-7-13-27/h2-23,34H,1H3,(H,40,44)(H,41,45)(H,42,43)(H,46,47)/b33-22-. The van der Waals surface area contributed by atoms with E-state index in [1.807, 2.05) is 30.3 Å². The Labute approximate surface area is 286 Å². The van der Waals surface area contributed by atoms with Gasteiger partial charge in [0.05, 0.1) is 5.56 Å². The van der Waals surface area contributed by atoms with E-state index in [4.69, 9.17) is 11.6 Å². The molecule has 5 aromatic carbocycles. The summed E-state index contributed by atoms with van der Waals surface area (Å²) in [6.45, 7) is 1.79. The zero-order valence-electron chi connectivity index (χ0n) is 25.6. The lowest BCUT2D eigenvalue weighted by molar-refractivity contribution is -0.116. The molecule has 1 unspecified atom stereocenters. The average molecular weight is 676 g/mol. The Morgan fingerprint density at radius 3 is 2.10 bits per heavy atom. The van der Waals surface area contributed by atoms with E-state index in [0.29, 0.717) is 27.5 Å². The van der Waals surface area contributed by atoms with Crippen LogP contribution in [0.25, 0.3) is 6.08 Å². The van der Waals surface area contributed by atoms with Crippen LogP contribution in [0.4, 0.5) is 11.4 Å². The van der Waals surface area contributed by atoms with Gasteiger partial charge in [-0.1, -0.05) is 78.3 Å². The number of benzene rings is 5. The Morgan fingerprint density at radius 1 is 0.750 bits per heavy atom. The van der Waals surface area contributed by atoms with Gasteiger partial charge < -0.3 is 21.1 Å². The molecule has 0 spiro atoms. The molecule has 10 heteroatoms. The number of amides is 3. The van der Waals surface area contributed by atoms with Gasteiger partial charge in [-0.15, -0.1) is 11.8 Å². The van der Waals surface area contributed by atoms with Gasteiger partial charge in [-0.25, -0.2) is 4.79 Å². The van der Waals surface area contributed by atoms with Crippen LogP contribution in [0, 0.1) is 6.92 Å². The SMILES string of the molecule is Cc1ccc(C(=O)O)cc1NC(=O)C(Sc1ccc(NC(=O)/C(=C/c2cccc(Cl)c2)NC(=O)c2ccccc2)cc1)c1ccccc1. The molecule has 0 aliphatic carbocycles. The number of hydrogen-bond acceptors (Lipinski definition) is 5. The minimum absolute atomic E-state index is 0.0210. The van der Waals surface area contributed by atoms with Crippen LogP contribution >= 0.6 is 23.4 Å². The highest BCUT2D eigenvalue weighted by molar-refractivity contribution is 8.00. The zero-order valence-corrected chi connectivity index (χ0v) is 27.2. The Hall–Kier alpha value is -5.64. The number of anilines is 2. The third-order valence-corrected chi connectivity index (χ3v) is 8.64. The third kappa shape index (κ3) is 9.00. The molecule has 0 aliphatic heterocycles. The molecule has 0 aliphatic rings. The number of halogens is 1. The van der Waals surface area contributed by atoms with Crippen molar-refractivity contribution in [3.05, 3.63) is 166 Å². The number of rotatable bonds is 11. The summed E-state index contributed by atoms with van der Waals surface area (Å²) in [5.41, 5.74) is 3.49. The van der Waals surface area contributed by atoms with Crippen LogP contribution < -0.4 is 16.0 Å². The lowest BCUT2D eigenvalue weighted by atomic mass is 10.1. The first kappa shape index (κ1) is 33.7. The lowest BCUT2D eigenvalue weighted by Gasteiger charge is -2.18. The fourth-order valence-electron chi connectivity index (χ4n) is 4.65. The Bertz CT molecular complexity index is 1980. The summed E-state index contributed by atoms with van der Waals surface area (Å²) < 4.78 is 0. The fourth-order valence-corrected chi connectivity index (χ4v) is 5.87. The molecule has 5 rings (SSSR count). The number of thioether (sulfide) groups is 1. The number of carboxylic acid groups (broad SMARTS) is 1. The molecule has 0 saturated carbocycles. The highest BCUT2D eigenvalue weighted by Crippen LogP contribution is 2.37. The summed E-state index contributed by atoms with van der Waals surface area (Å²) in [4.78, 5) is 52.3. The van der Waals surface area contributed by atoms with Gasteiger partial charge in [-0.3, -0.25) is 14.4 Å². The number of aryl methyl sites for hydroxylation is 1.